The van der Waals surface area contributed by atoms with E-state index in [4.69, 9.17) is 23.1 Å². The zero-order valence-corrected chi connectivity index (χ0v) is 12.4. The van der Waals surface area contributed by atoms with E-state index in [0.717, 1.165) is 12.1 Å². The van der Waals surface area contributed by atoms with Gasteiger partial charge < -0.3 is 16.2 Å². The zero-order valence-electron chi connectivity index (χ0n) is 11.6. The van der Waals surface area contributed by atoms with Crippen molar-refractivity contribution in [3.63, 3.8) is 0 Å². The number of nitrogens with zero attached hydrogens (tertiary/aromatic N) is 1. The number of hydrogen-bond acceptors (Lipinski definition) is 4. The predicted molar refractivity (Wildman–Crippen MR) is 84.8 cm³/mol. The molecule has 6 heteroatoms. The normalized spacial score (nSPS) is 10.6. The van der Waals surface area contributed by atoms with Crippen LogP contribution in [0.3, 0.4) is 0 Å². The molecule has 0 bridgehead atoms. The van der Waals surface area contributed by atoms with Gasteiger partial charge in [-0.2, -0.15) is 0 Å². The number of anilines is 1. The fraction of sp³-hybridized carbons (Fsp3) is 0.429. The van der Waals surface area contributed by atoms with Gasteiger partial charge in [0.1, 0.15) is 4.99 Å². The first-order valence-corrected chi connectivity index (χ1v) is 7.00. The molecule has 5 nitrogen and oxygen atoms in total. The number of aliphatic hydroxyl groups excluding tert-OH is 1. The molecule has 0 aliphatic carbocycles. The molecule has 4 N–H and O–H groups in total. The summed E-state index contributed by atoms with van der Waals surface area (Å²) in [7, 11) is 0. The van der Waals surface area contributed by atoms with Crippen LogP contribution >= 0.6 is 12.2 Å². The van der Waals surface area contributed by atoms with Gasteiger partial charge in [0.15, 0.2) is 0 Å². The monoisotopic (exact) mass is 295 g/mol. The van der Waals surface area contributed by atoms with E-state index in [1.54, 1.807) is 24.3 Å². The van der Waals surface area contributed by atoms with Crippen LogP contribution in [0.4, 0.5) is 5.69 Å². The second-order valence-electron chi connectivity index (χ2n) is 4.44. The smallest absolute Gasteiger partial charge is 0.238 e. The van der Waals surface area contributed by atoms with E-state index in [1.165, 1.54) is 0 Å². The minimum absolute atomic E-state index is 0.0927. The Labute approximate surface area is 124 Å². The van der Waals surface area contributed by atoms with Gasteiger partial charge in [0.2, 0.25) is 5.91 Å². The highest BCUT2D eigenvalue weighted by atomic mass is 32.1. The van der Waals surface area contributed by atoms with E-state index in [-0.39, 0.29) is 12.5 Å². The van der Waals surface area contributed by atoms with Gasteiger partial charge in [0.25, 0.3) is 0 Å². The number of benzene rings is 1. The SMILES string of the molecule is CCN(CCCO)CC(=O)Nc1cccc(C(N)=S)c1. The minimum Gasteiger partial charge on any atom is -0.396 e. The second kappa shape index (κ2) is 8.63. The summed E-state index contributed by atoms with van der Waals surface area (Å²) < 4.78 is 0. The second-order valence-corrected chi connectivity index (χ2v) is 4.88. The van der Waals surface area contributed by atoms with Gasteiger partial charge in [-0.1, -0.05) is 31.3 Å². The fourth-order valence-corrected chi connectivity index (χ4v) is 1.92. The van der Waals surface area contributed by atoms with Crippen molar-refractivity contribution >= 4 is 28.8 Å². The molecule has 0 saturated heterocycles. The quantitative estimate of drug-likeness (QED) is 0.623. The molecule has 0 saturated carbocycles. The third-order valence-electron chi connectivity index (χ3n) is 2.88. The number of thiocarbonyl (C=S) groups is 1. The summed E-state index contributed by atoms with van der Waals surface area (Å²) in [6.07, 6.45) is 0.665. The lowest BCUT2D eigenvalue weighted by Crippen LogP contribution is -2.34. The van der Waals surface area contributed by atoms with Crippen molar-refractivity contribution in [3.05, 3.63) is 29.8 Å². The topological polar surface area (TPSA) is 78.6 Å². The van der Waals surface area contributed by atoms with Crippen LogP contribution in [0.5, 0.6) is 0 Å². The van der Waals surface area contributed by atoms with Crippen molar-refractivity contribution in [3.8, 4) is 0 Å². The predicted octanol–water partition coefficient (Wildman–Crippen LogP) is 0.964. The molecular formula is C14H21N3O2S. The lowest BCUT2D eigenvalue weighted by Gasteiger charge is -2.19. The number of amides is 1. The van der Waals surface area contributed by atoms with E-state index in [0.29, 0.717) is 30.2 Å². The first kappa shape index (κ1) is 16.6. The summed E-state index contributed by atoms with van der Waals surface area (Å²) in [6.45, 7) is 3.88. The molecule has 0 atom stereocenters. The molecule has 1 aromatic carbocycles. The number of rotatable bonds is 8. The molecule has 1 amide bonds. The van der Waals surface area contributed by atoms with Crippen LogP contribution in [0.25, 0.3) is 0 Å². The highest BCUT2D eigenvalue weighted by Crippen LogP contribution is 2.10. The Morgan fingerprint density at radius 1 is 1.50 bits per heavy atom. The first-order valence-electron chi connectivity index (χ1n) is 6.59. The van der Waals surface area contributed by atoms with Gasteiger partial charge >= 0.3 is 0 Å². The maximum Gasteiger partial charge on any atom is 0.238 e. The van der Waals surface area contributed by atoms with E-state index in [2.05, 4.69) is 5.32 Å². The summed E-state index contributed by atoms with van der Waals surface area (Å²) in [5.41, 5.74) is 6.96. The Hall–Kier alpha value is -1.50. The molecule has 0 aliphatic heterocycles. The summed E-state index contributed by atoms with van der Waals surface area (Å²) in [6, 6.07) is 7.15. The molecule has 0 radical (unpaired) electrons. The van der Waals surface area contributed by atoms with Crippen molar-refractivity contribution in [1.82, 2.24) is 4.90 Å². The molecule has 20 heavy (non-hydrogen) atoms. The highest BCUT2D eigenvalue weighted by Gasteiger charge is 2.09. The van der Waals surface area contributed by atoms with Crippen molar-refractivity contribution in [2.24, 2.45) is 5.73 Å². The van der Waals surface area contributed by atoms with Gasteiger partial charge in [0.05, 0.1) is 6.54 Å². The van der Waals surface area contributed by atoms with E-state index >= 15 is 0 Å². The van der Waals surface area contributed by atoms with Crippen LogP contribution in [0.2, 0.25) is 0 Å². The molecule has 1 rings (SSSR count). The third-order valence-corrected chi connectivity index (χ3v) is 3.11. The van der Waals surface area contributed by atoms with E-state index < -0.39 is 0 Å². The van der Waals surface area contributed by atoms with Crippen LogP contribution in [0.15, 0.2) is 24.3 Å². The number of aliphatic hydroxyl groups is 1. The molecule has 0 heterocycles. The summed E-state index contributed by atoms with van der Waals surface area (Å²) in [5, 5.41) is 11.6. The molecule has 0 spiro atoms. The maximum atomic E-state index is 11.9. The fourth-order valence-electron chi connectivity index (χ4n) is 1.80. The lowest BCUT2D eigenvalue weighted by molar-refractivity contribution is -0.117. The van der Waals surface area contributed by atoms with Gasteiger partial charge in [-0.3, -0.25) is 9.69 Å². The zero-order chi connectivity index (χ0) is 15.0. The highest BCUT2D eigenvalue weighted by molar-refractivity contribution is 7.80. The minimum atomic E-state index is -0.0927. The summed E-state index contributed by atoms with van der Waals surface area (Å²) in [4.78, 5) is 14.2. The summed E-state index contributed by atoms with van der Waals surface area (Å²) in [5.74, 6) is -0.0927. The standard InChI is InChI=1S/C14H21N3O2S/c1-2-17(7-4-8-18)10-13(19)16-12-6-3-5-11(9-12)14(15)20/h3,5-6,9,18H,2,4,7-8,10H2,1H3,(H2,15,20)(H,16,19). The van der Waals surface area contributed by atoms with Crippen molar-refractivity contribution in [2.45, 2.75) is 13.3 Å². The Bertz CT molecular complexity index is 465. The molecular weight excluding hydrogens is 274 g/mol. The van der Waals surface area contributed by atoms with Crippen molar-refractivity contribution in [2.75, 3.05) is 31.6 Å². The maximum absolute atomic E-state index is 11.9. The molecule has 0 unspecified atom stereocenters. The van der Waals surface area contributed by atoms with E-state index in [9.17, 15) is 4.79 Å². The van der Waals surface area contributed by atoms with E-state index in [1.807, 2.05) is 11.8 Å². The van der Waals surface area contributed by atoms with Gasteiger partial charge in [-0.25, -0.2) is 0 Å². The van der Waals surface area contributed by atoms with Crippen LogP contribution < -0.4 is 11.1 Å². The number of nitrogens with two attached hydrogens (primary N) is 1. The Morgan fingerprint density at radius 3 is 2.85 bits per heavy atom. The molecule has 0 aliphatic rings. The van der Waals surface area contributed by atoms with Crippen molar-refractivity contribution < 1.29 is 9.90 Å². The van der Waals surface area contributed by atoms with Crippen LogP contribution in [0.1, 0.15) is 18.9 Å². The van der Waals surface area contributed by atoms with Crippen molar-refractivity contribution in [1.29, 1.82) is 0 Å². The van der Waals surface area contributed by atoms with Gasteiger partial charge in [-0.15, -0.1) is 0 Å². The number of carbonyl (C=O) groups excluding carboxylic acids is 1. The number of nitrogens with one attached hydrogen (secondary N) is 1. The Morgan fingerprint density at radius 2 is 2.25 bits per heavy atom. The average molecular weight is 295 g/mol. The number of likely N-dealkylation sites (N-methyl/N-ethyl adjacent to an activating group) is 1. The van der Waals surface area contributed by atoms with Gasteiger partial charge in [-0.05, 0) is 25.1 Å². The Balaban J connectivity index is 2.57. The first-order chi connectivity index (χ1) is 9.56. The molecule has 110 valence electrons. The molecule has 0 fully saturated rings. The largest absolute Gasteiger partial charge is 0.396 e. The van der Waals surface area contributed by atoms with Crippen LogP contribution in [0, 0.1) is 0 Å². The van der Waals surface area contributed by atoms with Crippen LogP contribution in [-0.2, 0) is 4.79 Å². The third kappa shape index (κ3) is 5.64. The number of hydrogen-bond donors (Lipinski definition) is 3. The molecule has 1 aromatic rings. The molecule has 0 aromatic heterocycles. The summed E-state index contributed by atoms with van der Waals surface area (Å²) >= 11 is 4.90. The average Bonchev–Trinajstić information content (AvgIpc) is 2.43. The number of carbonyl (C=O) groups is 1. The Kier molecular flexibility index (Phi) is 7.14. The van der Waals surface area contributed by atoms with Gasteiger partial charge in [0, 0.05) is 24.4 Å². The lowest BCUT2D eigenvalue weighted by atomic mass is 10.2. The van der Waals surface area contributed by atoms with Crippen LogP contribution in [-0.4, -0.2) is 47.1 Å².